The molecule has 0 radical (unpaired) electrons. The lowest BCUT2D eigenvalue weighted by molar-refractivity contribution is 0.102. The van der Waals surface area contributed by atoms with Crippen molar-refractivity contribution in [1.82, 2.24) is 9.78 Å². The van der Waals surface area contributed by atoms with Crippen molar-refractivity contribution in [1.29, 1.82) is 0 Å². The van der Waals surface area contributed by atoms with Crippen LogP contribution in [0.2, 0.25) is 5.02 Å². The van der Waals surface area contributed by atoms with E-state index < -0.39 is 5.91 Å². The minimum atomic E-state index is -0.420. The van der Waals surface area contributed by atoms with Crippen LogP contribution in [-0.2, 0) is 7.05 Å². The summed E-state index contributed by atoms with van der Waals surface area (Å²) in [5, 5.41) is 7.25. The fourth-order valence-corrected chi connectivity index (χ4v) is 3.08. The van der Waals surface area contributed by atoms with Gasteiger partial charge in [0.2, 0.25) is 0 Å². The summed E-state index contributed by atoms with van der Waals surface area (Å²) >= 11 is 9.34. The summed E-state index contributed by atoms with van der Waals surface area (Å²) in [7, 11) is 1.72. The lowest BCUT2D eigenvalue weighted by Gasteiger charge is -2.10. The molecule has 0 bridgehead atoms. The number of amides is 1. The van der Waals surface area contributed by atoms with Crippen molar-refractivity contribution in [2.75, 3.05) is 5.32 Å². The normalized spacial score (nSPS) is 10.5. The average molecular weight is 419 g/mol. The van der Waals surface area contributed by atoms with Crippen LogP contribution in [0.3, 0.4) is 0 Å². The van der Waals surface area contributed by atoms with Crippen LogP contribution in [0.4, 0.5) is 5.69 Å². The van der Waals surface area contributed by atoms with E-state index >= 15 is 0 Å². The number of halogens is 2. The number of rotatable bonds is 4. The number of carbonyl (C=O) groups excluding carboxylic acids is 2. The summed E-state index contributed by atoms with van der Waals surface area (Å²) in [6.45, 7) is 0. The molecule has 7 heteroatoms. The summed E-state index contributed by atoms with van der Waals surface area (Å²) in [4.78, 5) is 25.3. The molecular weight excluding hydrogens is 406 g/mol. The summed E-state index contributed by atoms with van der Waals surface area (Å²) < 4.78 is 2.09. The highest BCUT2D eigenvalue weighted by Gasteiger charge is 2.19. The number of anilines is 1. The quantitative estimate of drug-likeness (QED) is 0.642. The predicted octanol–water partition coefficient (Wildman–Crippen LogP) is 4.32. The first-order valence-electron chi connectivity index (χ1n) is 7.35. The minimum absolute atomic E-state index is 0.224. The van der Waals surface area contributed by atoms with Crippen molar-refractivity contribution < 1.29 is 9.59 Å². The molecule has 3 aromatic rings. The van der Waals surface area contributed by atoms with Crippen molar-refractivity contribution in [3.8, 4) is 0 Å². The van der Waals surface area contributed by atoms with E-state index in [1.54, 1.807) is 55.7 Å². The fourth-order valence-electron chi connectivity index (χ4n) is 2.35. The van der Waals surface area contributed by atoms with Crippen LogP contribution < -0.4 is 5.32 Å². The Kier molecular flexibility index (Phi) is 5.01. The molecule has 0 spiro atoms. The highest BCUT2D eigenvalue weighted by molar-refractivity contribution is 9.10. The molecule has 1 heterocycles. The summed E-state index contributed by atoms with van der Waals surface area (Å²) in [5.41, 5.74) is 1.44. The van der Waals surface area contributed by atoms with Gasteiger partial charge in [-0.2, -0.15) is 5.10 Å². The van der Waals surface area contributed by atoms with E-state index in [2.05, 4.69) is 26.3 Å². The number of benzene rings is 2. The van der Waals surface area contributed by atoms with Gasteiger partial charge in [0.1, 0.15) is 0 Å². The van der Waals surface area contributed by atoms with E-state index in [4.69, 9.17) is 11.6 Å². The van der Waals surface area contributed by atoms with Gasteiger partial charge in [0.05, 0.1) is 10.2 Å². The second-order valence-electron chi connectivity index (χ2n) is 5.34. The Labute approximate surface area is 157 Å². The number of ketones is 1. The molecule has 0 saturated heterocycles. The second kappa shape index (κ2) is 7.21. The molecule has 3 rings (SSSR count). The molecule has 0 fully saturated rings. The molecule has 0 unspecified atom stereocenters. The Hall–Kier alpha value is -2.44. The molecule has 0 saturated carbocycles. The highest BCUT2D eigenvalue weighted by Crippen LogP contribution is 2.25. The number of carbonyl (C=O) groups is 2. The smallest absolute Gasteiger partial charge is 0.277 e. The largest absolute Gasteiger partial charge is 0.320 e. The third kappa shape index (κ3) is 3.81. The van der Waals surface area contributed by atoms with E-state index in [0.717, 1.165) is 0 Å². The molecule has 2 aromatic carbocycles. The number of aromatic nitrogens is 2. The SMILES string of the molecule is Cn1cc(Br)c(C(=O)Nc2ccc(Cl)cc2C(=O)c2ccccc2)n1. The van der Waals surface area contributed by atoms with Gasteiger partial charge < -0.3 is 5.32 Å². The van der Waals surface area contributed by atoms with Crippen molar-refractivity contribution in [2.45, 2.75) is 0 Å². The van der Waals surface area contributed by atoms with Crippen LogP contribution in [0, 0.1) is 0 Å². The average Bonchev–Trinajstić information content (AvgIpc) is 2.95. The first kappa shape index (κ1) is 17.4. The maximum atomic E-state index is 12.8. The van der Waals surface area contributed by atoms with Gasteiger partial charge in [-0.05, 0) is 34.1 Å². The van der Waals surface area contributed by atoms with Gasteiger partial charge in [-0.25, -0.2) is 0 Å². The zero-order valence-electron chi connectivity index (χ0n) is 13.2. The Morgan fingerprint density at radius 3 is 2.52 bits per heavy atom. The van der Waals surface area contributed by atoms with E-state index in [0.29, 0.717) is 26.3 Å². The van der Waals surface area contributed by atoms with Gasteiger partial charge >= 0.3 is 0 Å². The molecule has 25 heavy (non-hydrogen) atoms. The molecule has 5 nitrogen and oxygen atoms in total. The molecule has 1 aromatic heterocycles. The Morgan fingerprint density at radius 1 is 1.16 bits per heavy atom. The summed E-state index contributed by atoms with van der Waals surface area (Å²) in [6, 6.07) is 13.6. The number of hydrogen-bond donors (Lipinski definition) is 1. The van der Waals surface area contributed by atoms with Crippen LogP contribution in [-0.4, -0.2) is 21.5 Å². The number of nitrogens with zero attached hydrogens (tertiary/aromatic N) is 2. The third-order valence-electron chi connectivity index (χ3n) is 3.51. The molecule has 0 aliphatic carbocycles. The molecule has 1 N–H and O–H groups in total. The number of hydrogen-bond acceptors (Lipinski definition) is 3. The van der Waals surface area contributed by atoms with Crippen molar-refractivity contribution >= 4 is 44.9 Å². The van der Waals surface area contributed by atoms with Crippen molar-refractivity contribution in [3.05, 3.63) is 81.0 Å². The van der Waals surface area contributed by atoms with Crippen LogP contribution in [0.25, 0.3) is 0 Å². The highest BCUT2D eigenvalue weighted by atomic mass is 79.9. The summed E-state index contributed by atoms with van der Waals surface area (Å²) in [6.07, 6.45) is 1.67. The van der Waals surface area contributed by atoms with Gasteiger partial charge in [-0.1, -0.05) is 41.9 Å². The molecule has 1 amide bonds. The zero-order chi connectivity index (χ0) is 18.0. The summed E-state index contributed by atoms with van der Waals surface area (Å²) in [5.74, 6) is -0.643. The lowest BCUT2D eigenvalue weighted by Crippen LogP contribution is -2.16. The van der Waals surface area contributed by atoms with Gasteiger partial charge in [-0.3, -0.25) is 14.3 Å². The molecule has 0 aliphatic rings. The lowest BCUT2D eigenvalue weighted by atomic mass is 10.0. The molecule has 126 valence electrons. The third-order valence-corrected chi connectivity index (χ3v) is 4.33. The van der Waals surface area contributed by atoms with Gasteiger partial charge in [0, 0.05) is 29.4 Å². The number of nitrogens with one attached hydrogen (secondary N) is 1. The van der Waals surface area contributed by atoms with E-state index in [-0.39, 0.29) is 11.5 Å². The fraction of sp³-hybridized carbons (Fsp3) is 0.0556. The zero-order valence-corrected chi connectivity index (χ0v) is 15.5. The van der Waals surface area contributed by atoms with Gasteiger partial charge in [-0.15, -0.1) is 0 Å². The molecule has 0 aliphatic heterocycles. The minimum Gasteiger partial charge on any atom is -0.320 e. The van der Waals surface area contributed by atoms with Crippen LogP contribution in [0.5, 0.6) is 0 Å². The van der Waals surface area contributed by atoms with E-state index in [1.807, 2.05) is 6.07 Å². The van der Waals surface area contributed by atoms with E-state index in [9.17, 15) is 9.59 Å². The molecule has 0 atom stereocenters. The van der Waals surface area contributed by atoms with Crippen LogP contribution >= 0.6 is 27.5 Å². The first-order chi connectivity index (χ1) is 12.0. The van der Waals surface area contributed by atoms with Crippen LogP contribution in [0.15, 0.2) is 59.2 Å². The standard InChI is InChI=1S/C18H13BrClN3O2/c1-23-10-14(19)16(22-23)18(25)21-15-8-7-12(20)9-13(15)17(24)11-5-3-2-4-6-11/h2-10H,1H3,(H,21,25). The van der Waals surface area contributed by atoms with Gasteiger partial charge in [0.25, 0.3) is 5.91 Å². The number of aryl methyl sites for hydroxylation is 1. The first-order valence-corrected chi connectivity index (χ1v) is 8.52. The van der Waals surface area contributed by atoms with Crippen molar-refractivity contribution in [2.24, 2.45) is 7.05 Å². The topological polar surface area (TPSA) is 64.0 Å². The Bertz CT molecular complexity index is 954. The van der Waals surface area contributed by atoms with Crippen molar-refractivity contribution in [3.63, 3.8) is 0 Å². The Morgan fingerprint density at radius 2 is 1.88 bits per heavy atom. The Balaban J connectivity index is 1.96. The monoisotopic (exact) mass is 417 g/mol. The van der Waals surface area contributed by atoms with E-state index in [1.165, 1.54) is 4.68 Å². The maximum Gasteiger partial charge on any atom is 0.277 e. The van der Waals surface area contributed by atoms with Gasteiger partial charge in [0.15, 0.2) is 11.5 Å². The molecular formula is C18H13BrClN3O2. The second-order valence-corrected chi connectivity index (χ2v) is 6.63. The maximum absolute atomic E-state index is 12.8. The van der Waals surface area contributed by atoms with Crippen LogP contribution in [0.1, 0.15) is 26.4 Å². The predicted molar refractivity (Wildman–Crippen MR) is 100 cm³/mol.